The number of anilines is 1. The molecule has 1 aromatic rings. The summed E-state index contributed by atoms with van der Waals surface area (Å²) >= 11 is 1.71. The molecule has 1 aromatic heterocycles. The summed E-state index contributed by atoms with van der Waals surface area (Å²) in [6.07, 6.45) is 3.69. The molecule has 1 fully saturated rings. The van der Waals surface area contributed by atoms with Crippen molar-refractivity contribution in [3.8, 4) is 0 Å². The van der Waals surface area contributed by atoms with Crippen LogP contribution in [-0.4, -0.2) is 62.1 Å². The van der Waals surface area contributed by atoms with E-state index in [4.69, 9.17) is 9.73 Å². The van der Waals surface area contributed by atoms with Gasteiger partial charge < -0.3 is 15.0 Å². The largest absolute Gasteiger partial charge is 0.385 e. The highest BCUT2D eigenvalue weighted by atomic mass is 32.1. The lowest BCUT2D eigenvalue weighted by atomic mass is 10.1. The summed E-state index contributed by atoms with van der Waals surface area (Å²) in [4.78, 5) is 11.1. The Morgan fingerprint density at radius 1 is 1.37 bits per heavy atom. The highest BCUT2D eigenvalue weighted by Gasteiger charge is 2.30. The van der Waals surface area contributed by atoms with Gasteiger partial charge in [0.25, 0.3) is 0 Å². The molecule has 0 radical (unpaired) electrons. The van der Waals surface area contributed by atoms with Gasteiger partial charge in [0.2, 0.25) is 0 Å². The van der Waals surface area contributed by atoms with Crippen molar-refractivity contribution < 1.29 is 9.13 Å². The highest BCUT2D eigenvalue weighted by Crippen LogP contribution is 2.37. The van der Waals surface area contributed by atoms with Gasteiger partial charge in [-0.1, -0.05) is 0 Å². The van der Waals surface area contributed by atoms with Crippen LogP contribution in [0.25, 0.3) is 0 Å². The van der Waals surface area contributed by atoms with Crippen LogP contribution in [0, 0.1) is 6.92 Å². The number of ether oxygens (including phenoxy) is 1. The van der Waals surface area contributed by atoms with Crippen molar-refractivity contribution in [2.24, 2.45) is 4.99 Å². The average Bonchev–Trinajstić information content (AvgIpc) is 2.93. The first-order valence-corrected chi connectivity index (χ1v) is 10.4. The van der Waals surface area contributed by atoms with Crippen molar-refractivity contribution in [2.75, 3.05) is 45.7 Å². The lowest BCUT2D eigenvalue weighted by molar-refractivity contribution is 0.100. The standard InChI is InChI=1S/C20H27FN4OS/c1-13-10-16-19(25-8-7-24(2)15(12-25)6-9-26-3)22-17-5-4-14(21)11-18(17)23-20(16)27-13/h10-11,15,23H,4-9,12H2,1-3H3/t15-/m0/s1. The number of amidine groups is 1. The fourth-order valence-electron chi connectivity index (χ4n) is 3.94. The number of rotatable bonds is 3. The minimum Gasteiger partial charge on any atom is -0.385 e. The Bertz CT molecular complexity index is 813. The molecule has 1 aliphatic carbocycles. The van der Waals surface area contributed by atoms with Crippen LogP contribution >= 0.6 is 11.3 Å². The number of thiophene rings is 1. The van der Waals surface area contributed by atoms with Gasteiger partial charge in [0.15, 0.2) is 0 Å². The van der Waals surface area contributed by atoms with Gasteiger partial charge in [-0.3, -0.25) is 4.90 Å². The predicted molar refractivity (Wildman–Crippen MR) is 109 cm³/mol. The first-order chi connectivity index (χ1) is 13.0. The summed E-state index contributed by atoms with van der Waals surface area (Å²) in [5.41, 5.74) is 2.90. The zero-order chi connectivity index (χ0) is 19.0. The van der Waals surface area contributed by atoms with E-state index in [9.17, 15) is 4.39 Å². The molecule has 4 rings (SSSR count). The van der Waals surface area contributed by atoms with E-state index < -0.39 is 0 Å². The maximum absolute atomic E-state index is 13.8. The van der Waals surface area contributed by atoms with Gasteiger partial charge in [-0.25, -0.2) is 9.38 Å². The maximum Gasteiger partial charge on any atom is 0.139 e. The van der Waals surface area contributed by atoms with E-state index in [-0.39, 0.29) is 5.83 Å². The third-order valence-corrected chi connectivity index (χ3v) is 6.50. The van der Waals surface area contributed by atoms with Gasteiger partial charge in [0.1, 0.15) is 16.7 Å². The number of halogens is 1. The fraction of sp³-hybridized carbons (Fsp3) is 0.550. The molecule has 0 unspecified atom stereocenters. The lowest BCUT2D eigenvalue weighted by Crippen LogP contribution is -2.53. The number of fused-ring (bicyclic) bond motifs is 1. The molecule has 0 amide bonds. The molecule has 0 spiro atoms. The Morgan fingerprint density at radius 2 is 2.22 bits per heavy atom. The van der Waals surface area contributed by atoms with Gasteiger partial charge in [0.05, 0.1) is 17.0 Å². The molecule has 0 bridgehead atoms. The average molecular weight is 391 g/mol. The Morgan fingerprint density at radius 3 is 3.04 bits per heavy atom. The predicted octanol–water partition coefficient (Wildman–Crippen LogP) is 3.74. The Kier molecular flexibility index (Phi) is 5.34. The summed E-state index contributed by atoms with van der Waals surface area (Å²) in [6, 6.07) is 2.64. The van der Waals surface area contributed by atoms with E-state index in [1.807, 2.05) is 0 Å². The molecule has 3 heterocycles. The number of nitrogens with zero attached hydrogens (tertiary/aromatic N) is 3. The van der Waals surface area contributed by atoms with Gasteiger partial charge in [-0.05, 0) is 39.0 Å². The van der Waals surface area contributed by atoms with Crippen molar-refractivity contribution in [1.29, 1.82) is 0 Å². The van der Waals surface area contributed by atoms with E-state index in [0.717, 1.165) is 60.5 Å². The highest BCUT2D eigenvalue weighted by molar-refractivity contribution is 7.16. The first kappa shape index (κ1) is 18.7. The quantitative estimate of drug-likeness (QED) is 0.854. The minimum absolute atomic E-state index is 0.0750. The van der Waals surface area contributed by atoms with Crippen molar-refractivity contribution in [2.45, 2.75) is 32.2 Å². The monoisotopic (exact) mass is 390 g/mol. The summed E-state index contributed by atoms with van der Waals surface area (Å²) in [5, 5.41) is 4.51. The Balaban J connectivity index is 1.69. The molecule has 0 aromatic carbocycles. The van der Waals surface area contributed by atoms with Crippen LogP contribution in [0.3, 0.4) is 0 Å². The zero-order valence-electron chi connectivity index (χ0n) is 16.2. The summed E-state index contributed by atoms with van der Waals surface area (Å²) in [5.74, 6) is 0.951. The van der Waals surface area contributed by atoms with E-state index in [1.54, 1.807) is 24.5 Å². The van der Waals surface area contributed by atoms with E-state index in [1.165, 1.54) is 4.88 Å². The van der Waals surface area contributed by atoms with Crippen LogP contribution in [0.15, 0.2) is 34.4 Å². The van der Waals surface area contributed by atoms with Gasteiger partial charge in [-0.2, -0.15) is 0 Å². The van der Waals surface area contributed by atoms with Crippen LogP contribution in [0.1, 0.15) is 29.7 Å². The fourth-order valence-corrected chi connectivity index (χ4v) is 4.86. The number of nitrogens with one attached hydrogen (secondary N) is 1. The van der Waals surface area contributed by atoms with Gasteiger partial charge in [0, 0.05) is 50.7 Å². The Hall–Kier alpha value is -1.70. The molecule has 7 heteroatoms. The molecule has 3 aliphatic rings. The molecule has 146 valence electrons. The van der Waals surface area contributed by atoms with Crippen LogP contribution in [0.5, 0.6) is 0 Å². The van der Waals surface area contributed by atoms with Crippen LogP contribution < -0.4 is 5.32 Å². The second-order valence-corrected chi connectivity index (χ2v) is 8.73. The number of piperazine rings is 1. The molecule has 27 heavy (non-hydrogen) atoms. The number of hydrogen-bond acceptors (Lipinski definition) is 6. The van der Waals surface area contributed by atoms with Crippen molar-refractivity contribution in [3.63, 3.8) is 0 Å². The van der Waals surface area contributed by atoms with Gasteiger partial charge in [-0.15, -0.1) is 11.3 Å². The smallest absolute Gasteiger partial charge is 0.139 e. The minimum atomic E-state index is -0.0750. The molecule has 1 atom stereocenters. The summed E-state index contributed by atoms with van der Waals surface area (Å²) in [6.45, 7) is 5.75. The van der Waals surface area contributed by atoms with Gasteiger partial charge >= 0.3 is 0 Å². The molecule has 2 aliphatic heterocycles. The zero-order valence-corrected chi connectivity index (χ0v) is 17.0. The normalized spacial score (nSPS) is 23.3. The van der Waals surface area contributed by atoms with E-state index in [0.29, 0.717) is 18.9 Å². The number of methoxy groups -OCH3 is 1. The van der Waals surface area contributed by atoms with Crippen LogP contribution in [-0.2, 0) is 4.74 Å². The van der Waals surface area contributed by atoms with Crippen molar-refractivity contribution >= 4 is 22.2 Å². The number of aliphatic imine (C=N–C) groups is 1. The third-order valence-electron chi connectivity index (χ3n) is 5.53. The maximum atomic E-state index is 13.8. The SMILES string of the molecule is COCC[C@H]1CN(C2=NC3=C(C=C(F)CC3)Nc3sc(C)cc32)CCN1C. The third kappa shape index (κ3) is 3.81. The molecular formula is C20H27FN4OS. The molecule has 5 nitrogen and oxygen atoms in total. The number of aryl methyl sites for hydroxylation is 1. The lowest BCUT2D eigenvalue weighted by Gasteiger charge is -2.41. The van der Waals surface area contributed by atoms with Crippen molar-refractivity contribution in [1.82, 2.24) is 9.80 Å². The first-order valence-electron chi connectivity index (χ1n) is 9.55. The van der Waals surface area contributed by atoms with E-state index in [2.05, 4.69) is 35.2 Å². The summed E-state index contributed by atoms with van der Waals surface area (Å²) < 4.78 is 19.1. The summed E-state index contributed by atoms with van der Waals surface area (Å²) in [7, 11) is 3.94. The molecule has 1 saturated heterocycles. The van der Waals surface area contributed by atoms with Crippen molar-refractivity contribution in [3.05, 3.63) is 39.8 Å². The molecule has 0 saturated carbocycles. The number of hydrogen-bond donors (Lipinski definition) is 1. The Labute approximate surface area is 164 Å². The molecule has 1 N–H and O–H groups in total. The number of allylic oxidation sites excluding steroid dienone is 3. The second kappa shape index (κ2) is 7.73. The van der Waals surface area contributed by atoms with Crippen LogP contribution in [0.2, 0.25) is 0 Å². The molecular weight excluding hydrogens is 363 g/mol. The van der Waals surface area contributed by atoms with E-state index >= 15 is 0 Å². The van der Waals surface area contributed by atoms with Crippen LogP contribution in [0.4, 0.5) is 9.39 Å². The topological polar surface area (TPSA) is 40.1 Å². The second-order valence-electron chi connectivity index (χ2n) is 7.47. The number of likely N-dealkylation sites (N-methyl/N-ethyl adjacent to an activating group) is 1.